The predicted octanol–water partition coefficient (Wildman–Crippen LogP) is 2.48. The van der Waals surface area contributed by atoms with Crippen LogP contribution in [0.15, 0.2) is 30.5 Å². The van der Waals surface area contributed by atoms with Crippen LogP contribution in [0.3, 0.4) is 0 Å². The number of nitrogens with two attached hydrogens (primary N) is 1. The third-order valence-corrected chi connectivity index (χ3v) is 3.35. The molecule has 0 spiro atoms. The molecular weight excluding hydrogens is 280 g/mol. The van der Waals surface area contributed by atoms with Gasteiger partial charge in [0, 0.05) is 23.5 Å². The van der Waals surface area contributed by atoms with Crippen LogP contribution in [0.4, 0.5) is 11.5 Å². The Morgan fingerprint density at radius 3 is 2.95 bits per heavy atom. The van der Waals surface area contributed by atoms with Crippen LogP contribution in [-0.4, -0.2) is 28.6 Å². The molecule has 1 saturated carbocycles. The van der Waals surface area contributed by atoms with Gasteiger partial charge in [-0.15, -0.1) is 0 Å². The number of carbonyl (C=O) groups is 1. The Bertz CT molecular complexity index is 698. The average Bonchev–Trinajstić information content (AvgIpc) is 3.31. The fourth-order valence-corrected chi connectivity index (χ4v) is 2.09. The van der Waals surface area contributed by atoms with Crippen molar-refractivity contribution in [3.8, 4) is 11.4 Å². The fourth-order valence-electron chi connectivity index (χ4n) is 2.09. The summed E-state index contributed by atoms with van der Waals surface area (Å²) in [6.45, 7) is 2.09. The minimum Gasteiger partial charge on any atom is -0.462 e. The number of esters is 1. The Kier molecular flexibility index (Phi) is 3.91. The van der Waals surface area contributed by atoms with Crippen LogP contribution in [0, 0.1) is 0 Å². The second-order valence-electron chi connectivity index (χ2n) is 5.22. The zero-order valence-corrected chi connectivity index (χ0v) is 12.4. The van der Waals surface area contributed by atoms with Gasteiger partial charge in [0.25, 0.3) is 0 Å². The van der Waals surface area contributed by atoms with E-state index in [1.165, 1.54) is 6.20 Å². The van der Waals surface area contributed by atoms with Gasteiger partial charge >= 0.3 is 5.97 Å². The molecule has 1 aromatic heterocycles. The first-order chi connectivity index (χ1) is 10.7. The Labute approximate surface area is 128 Å². The van der Waals surface area contributed by atoms with E-state index in [9.17, 15) is 4.79 Å². The molecule has 22 heavy (non-hydrogen) atoms. The number of nitrogens with zero attached hydrogens (tertiary/aromatic N) is 2. The van der Waals surface area contributed by atoms with E-state index in [0.29, 0.717) is 35.5 Å². The molecule has 0 bridgehead atoms. The van der Waals surface area contributed by atoms with E-state index < -0.39 is 5.97 Å². The first-order valence-corrected chi connectivity index (χ1v) is 7.34. The summed E-state index contributed by atoms with van der Waals surface area (Å²) in [6.07, 6.45) is 3.67. The Morgan fingerprint density at radius 2 is 2.27 bits per heavy atom. The molecular formula is C16H18N4O2. The van der Waals surface area contributed by atoms with Gasteiger partial charge in [-0.3, -0.25) is 0 Å². The number of rotatable bonds is 5. The molecule has 3 rings (SSSR count). The highest BCUT2D eigenvalue weighted by atomic mass is 16.5. The number of nitrogen functional groups attached to an aromatic ring is 1. The quantitative estimate of drug-likeness (QED) is 0.651. The van der Waals surface area contributed by atoms with Crippen molar-refractivity contribution < 1.29 is 9.53 Å². The Hall–Kier alpha value is -2.63. The van der Waals surface area contributed by atoms with E-state index in [1.807, 2.05) is 12.1 Å². The van der Waals surface area contributed by atoms with Gasteiger partial charge in [-0.2, -0.15) is 0 Å². The van der Waals surface area contributed by atoms with Crippen LogP contribution in [0.5, 0.6) is 0 Å². The number of anilines is 2. The smallest absolute Gasteiger partial charge is 0.343 e. The fraction of sp³-hybridized carbons (Fsp3) is 0.312. The molecule has 0 radical (unpaired) electrons. The van der Waals surface area contributed by atoms with Gasteiger partial charge in [0.2, 0.25) is 0 Å². The van der Waals surface area contributed by atoms with Crippen LogP contribution in [0.2, 0.25) is 0 Å². The molecule has 1 aliphatic rings. The summed E-state index contributed by atoms with van der Waals surface area (Å²) in [5, 5.41) is 3.27. The van der Waals surface area contributed by atoms with Crippen molar-refractivity contribution in [1.82, 2.24) is 9.97 Å². The van der Waals surface area contributed by atoms with E-state index in [2.05, 4.69) is 15.3 Å². The molecule has 2 aromatic rings. The largest absolute Gasteiger partial charge is 0.462 e. The topological polar surface area (TPSA) is 90.1 Å². The molecule has 6 heteroatoms. The number of nitrogens with one attached hydrogen (secondary N) is 1. The molecule has 0 saturated heterocycles. The highest BCUT2D eigenvalue weighted by molar-refractivity contribution is 5.94. The first-order valence-electron chi connectivity index (χ1n) is 7.34. The molecule has 1 heterocycles. The van der Waals surface area contributed by atoms with Gasteiger partial charge in [-0.25, -0.2) is 14.8 Å². The van der Waals surface area contributed by atoms with Gasteiger partial charge in [0.05, 0.1) is 6.61 Å². The van der Waals surface area contributed by atoms with E-state index >= 15 is 0 Å². The number of benzene rings is 1. The molecule has 1 aliphatic carbocycles. The van der Waals surface area contributed by atoms with Crippen molar-refractivity contribution in [3.05, 3.63) is 36.0 Å². The highest BCUT2D eigenvalue weighted by Crippen LogP contribution is 2.27. The third-order valence-electron chi connectivity index (χ3n) is 3.35. The molecule has 1 fully saturated rings. The van der Waals surface area contributed by atoms with Crippen molar-refractivity contribution >= 4 is 17.5 Å². The van der Waals surface area contributed by atoms with Crippen molar-refractivity contribution in [2.24, 2.45) is 0 Å². The van der Waals surface area contributed by atoms with Crippen molar-refractivity contribution in [3.63, 3.8) is 0 Å². The SMILES string of the molecule is CCOC(=O)c1cnc(-c2cccc(N)c2)nc1NC1CC1. The standard InChI is InChI=1S/C16H18N4O2/c1-2-22-16(21)13-9-18-14(10-4-3-5-11(17)8-10)20-15(13)19-12-6-7-12/h3-5,8-9,12H,2,6-7,17H2,1H3,(H,18,19,20). The average molecular weight is 298 g/mol. The lowest BCUT2D eigenvalue weighted by Gasteiger charge is -2.11. The Morgan fingerprint density at radius 1 is 1.45 bits per heavy atom. The summed E-state index contributed by atoms with van der Waals surface area (Å²) in [6, 6.07) is 7.72. The van der Waals surface area contributed by atoms with Gasteiger partial charge in [-0.05, 0) is 31.9 Å². The number of hydrogen-bond donors (Lipinski definition) is 2. The van der Waals surface area contributed by atoms with E-state index in [-0.39, 0.29) is 0 Å². The number of hydrogen-bond acceptors (Lipinski definition) is 6. The molecule has 1 aromatic carbocycles. The van der Waals surface area contributed by atoms with Crippen LogP contribution in [-0.2, 0) is 4.74 Å². The third kappa shape index (κ3) is 3.16. The second kappa shape index (κ2) is 6.01. The monoisotopic (exact) mass is 298 g/mol. The minimum atomic E-state index is -0.412. The highest BCUT2D eigenvalue weighted by Gasteiger charge is 2.25. The molecule has 6 nitrogen and oxygen atoms in total. The minimum absolute atomic E-state index is 0.318. The lowest BCUT2D eigenvalue weighted by atomic mass is 10.2. The predicted molar refractivity (Wildman–Crippen MR) is 84.5 cm³/mol. The van der Waals surface area contributed by atoms with Crippen LogP contribution >= 0.6 is 0 Å². The van der Waals surface area contributed by atoms with Crippen molar-refractivity contribution in [2.75, 3.05) is 17.7 Å². The molecule has 0 atom stereocenters. The summed E-state index contributed by atoms with van der Waals surface area (Å²) in [4.78, 5) is 20.8. The summed E-state index contributed by atoms with van der Waals surface area (Å²) in [7, 11) is 0. The van der Waals surface area contributed by atoms with Gasteiger partial charge in [-0.1, -0.05) is 12.1 Å². The second-order valence-corrected chi connectivity index (χ2v) is 5.22. The summed E-state index contributed by atoms with van der Waals surface area (Å²) in [5.74, 6) is 0.640. The van der Waals surface area contributed by atoms with Crippen LogP contribution < -0.4 is 11.1 Å². The molecule has 0 unspecified atom stereocenters. The lowest BCUT2D eigenvalue weighted by Crippen LogP contribution is -2.14. The van der Waals surface area contributed by atoms with Gasteiger partial charge < -0.3 is 15.8 Å². The van der Waals surface area contributed by atoms with Crippen molar-refractivity contribution in [1.29, 1.82) is 0 Å². The maximum absolute atomic E-state index is 12.0. The van der Waals surface area contributed by atoms with E-state index in [1.54, 1.807) is 19.1 Å². The maximum atomic E-state index is 12.0. The molecule has 0 aliphatic heterocycles. The van der Waals surface area contributed by atoms with E-state index in [0.717, 1.165) is 18.4 Å². The van der Waals surface area contributed by atoms with Gasteiger partial charge in [0.1, 0.15) is 11.4 Å². The maximum Gasteiger partial charge on any atom is 0.343 e. The number of ether oxygens (including phenoxy) is 1. The normalized spacial score (nSPS) is 13.7. The molecule has 3 N–H and O–H groups in total. The number of carbonyl (C=O) groups excluding carboxylic acids is 1. The zero-order chi connectivity index (χ0) is 15.5. The van der Waals surface area contributed by atoms with Crippen molar-refractivity contribution in [2.45, 2.75) is 25.8 Å². The summed E-state index contributed by atoms with van der Waals surface area (Å²) < 4.78 is 5.06. The Balaban J connectivity index is 1.97. The van der Waals surface area contributed by atoms with E-state index in [4.69, 9.17) is 10.5 Å². The lowest BCUT2D eigenvalue weighted by molar-refractivity contribution is 0.0526. The summed E-state index contributed by atoms with van der Waals surface area (Å²) >= 11 is 0. The van der Waals surface area contributed by atoms with Crippen LogP contribution in [0.25, 0.3) is 11.4 Å². The zero-order valence-electron chi connectivity index (χ0n) is 12.4. The summed E-state index contributed by atoms with van der Waals surface area (Å²) in [5.41, 5.74) is 7.62. The molecule has 114 valence electrons. The first kappa shape index (κ1) is 14.3. The van der Waals surface area contributed by atoms with Crippen LogP contribution in [0.1, 0.15) is 30.1 Å². The molecule has 0 amide bonds. The van der Waals surface area contributed by atoms with Gasteiger partial charge in [0.15, 0.2) is 5.82 Å². The number of aromatic nitrogens is 2.